The van der Waals surface area contributed by atoms with Gasteiger partial charge in [-0.1, -0.05) is 39.2 Å². The Hall–Kier alpha value is -1.45. The summed E-state index contributed by atoms with van der Waals surface area (Å²) in [6, 6.07) is 3.63. The van der Waals surface area contributed by atoms with E-state index in [2.05, 4.69) is 19.2 Å². The van der Waals surface area contributed by atoms with Gasteiger partial charge >= 0.3 is 0 Å². The minimum Gasteiger partial charge on any atom is -0.352 e. The lowest BCUT2D eigenvalue weighted by Crippen LogP contribution is -2.30. The van der Waals surface area contributed by atoms with E-state index in [-0.39, 0.29) is 5.56 Å². The Morgan fingerprint density at radius 3 is 2.68 bits per heavy atom. The fourth-order valence-electron chi connectivity index (χ4n) is 1.95. The first-order chi connectivity index (χ1) is 9.10. The van der Waals surface area contributed by atoms with Crippen LogP contribution in [0, 0.1) is 17.6 Å². The second-order valence-electron chi connectivity index (χ2n) is 4.73. The molecule has 0 saturated carbocycles. The number of benzene rings is 1. The smallest absolute Gasteiger partial charge is 0.254 e. The van der Waals surface area contributed by atoms with E-state index in [1.807, 2.05) is 0 Å². The summed E-state index contributed by atoms with van der Waals surface area (Å²) in [4.78, 5) is 11.8. The molecule has 19 heavy (non-hydrogen) atoms. The highest BCUT2D eigenvalue weighted by Gasteiger charge is 2.15. The molecule has 0 saturated heterocycles. The number of nitrogens with one attached hydrogen (secondary N) is 1. The molecule has 0 bridgehead atoms. The SMILES string of the molecule is CCCCC(CC)CNC(=O)c1cccc(F)c1F. The van der Waals surface area contributed by atoms with Gasteiger partial charge in [0.25, 0.3) is 5.91 Å². The molecule has 0 spiro atoms. The van der Waals surface area contributed by atoms with Gasteiger partial charge in [-0.05, 0) is 24.5 Å². The van der Waals surface area contributed by atoms with Crippen molar-refractivity contribution < 1.29 is 13.6 Å². The van der Waals surface area contributed by atoms with Gasteiger partial charge < -0.3 is 5.32 Å². The number of rotatable bonds is 7. The Morgan fingerprint density at radius 2 is 2.05 bits per heavy atom. The molecule has 0 aliphatic carbocycles. The lowest BCUT2D eigenvalue weighted by Gasteiger charge is -2.15. The molecule has 1 amide bonds. The van der Waals surface area contributed by atoms with Gasteiger partial charge in [0.1, 0.15) is 0 Å². The second kappa shape index (κ2) is 7.87. The van der Waals surface area contributed by atoms with Gasteiger partial charge in [-0.25, -0.2) is 8.78 Å². The summed E-state index contributed by atoms with van der Waals surface area (Å²) in [5.74, 6) is -2.24. The Labute approximate surface area is 113 Å². The van der Waals surface area contributed by atoms with Crippen molar-refractivity contribution in [3.63, 3.8) is 0 Å². The summed E-state index contributed by atoms with van der Waals surface area (Å²) in [5, 5.41) is 2.68. The third-order valence-corrected chi connectivity index (χ3v) is 3.29. The van der Waals surface area contributed by atoms with Gasteiger partial charge in [-0.3, -0.25) is 4.79 Å². The van der Waals surface area contributed by atoms with E-state index < -0.39 is 17.5 Å². The standard InChI is InChI=1S/C15H21F2NO/c1-3-5-7-11(4-2)10-18-15(19)12-8-6-9-13(16)14(12)17/h6,8-9,11H,3-5,7,10H2,1-2H3,(H,18,19). The molecular formula is C15H21F2NO. The molecule has 0 heterocycles. The van der Waals surface area contributed by atoms with Crippen LogP contribution in [0.5, 0.6) is 0 Å². The van der Waals surface area contributed by atoms with Crippen LogP contribution in [0.25, 0.3) is 0 Å². The number of carbonyl (C=O) groups excluding carboxylic acids is 1. The Balaban J connectivity index is 2.57. The van der Waals surface area contributed by atoms with Crippen LogP contribution in [-0.4, -0.2) is 12.5 Å². The van der Waals surface area contributed by atoms with E-state index in [1.54, 1.807) is 0 Å². The molecule has 1 unspecified atom stereocenters. The fraction of sp³-hybridized carbons (Fsp3) is 0.533. The molecule has 0 aromatic heterocycles. The van der Waals surface area contributed by atoms with Crippen LogP contribution in [0.3, 0.4) is 0 Å². The average Bonchev–Trinajstić information content (AvgIpc) is 2.42. The molecular weight excluding hydrogens is 248 g/mol. The van der Waals surface area contributed by atoms with Crippen LogP contribution >= 0.6 is 0 Å². The predicted molar refractivity (Wildman–Crippen MR) is 72.0 cm³/mol. The van der Waals surface area contributed by atoms with E-state index in [1.165, 1.54) is 12.1 Å². The van der Waals surface area contributed by atoms with Gasteiger partial charge in [0.2, 0.25) is 0 Å². The van der Waals surface area contributed by atoms with Crippen LogP contribution in [0.1, 0.15) is 49.9 Å². The van der Waals surface area contributed by atoms with Crippen molar-refractivity contribution in [2.24, 2.45) is 5.92 Å². The minimum absolute atomic E-state index is 0.231. The first-order valence-corrected chi connectivity index (χ1v) is 6.82. The molecule has 0 radical (unpaired) electrons. The van der Waals surface area contributed by atoms with Crippen LogP contribution < -0.4 is 5.32 Å². The lowest BCUT2D eigenvalue weighted by atomic mass is 9.99. The molecule has 0 aliphatic rings. The summed E-state index contributed by atoms with van der Waals surface area (Å²) in [7, 11) is 0. The molecule has 1 rings (SSSR count). The monoisotopic (exact) mass is 269 g/mol. The summed E-state index contributed by atoms with van der Waals surface area (Å²) in [6.45, 7) is 4.69. The quantitative estimate of drug-likeness (QED) is 0.799. The van der Waals surface area contributed by atoms with Crippen molar-refractivity contribution in [1.29, 1.82) is 0 Å². The maximum atomic E-state index is 13.4. The maximum Gasteiger partial charge on any atom is 0.254 e. The average molecular weight is 269 g/mol. The van der Waals surface area contributed by atoms with Crippen molar-refractivity contribution in [1.82, 2.24) is 5.32 Å². The highest BCUT2D eigenvalue weighted by atomic mass is 19.2. The summed E-state index contributed by atoms with van der Waals surface area (Å²) >= 11 is 0. The Morgan fingerprint density at radius 1 is 1.32 bits per heavy atom. The van der Waals surface area contributed by atoms with Crippen LogP contribution in [-0.2, 0) is 0 Å². The van der Waals surface area contributed by atoms with Gasteiger partial charge in [0.15, 0.2) is 11.6 Å². The molecule has 106 valence electrons. The zero-order chi connectivity index (χ0) is 14.3. The number of carbonyl (C=O) groups is 1. The summed E-state index contributed by atoms with van der Waals surface area (Å²) in [5.41, 5.74) is -0.231. The number of unbranched alkanes of at least 4 members (excludes halogenated alkanes) is 1. The van der Waals surface area contributed by atoms with Crippen molar-refractivity contribution in [3.8, 4) is 0 Å². The van der Waals surface area contributed by atoms with E-state index >= 15 is 0 Å². The van der Waals surface area contributed by atoms with Gasteiger partial charge in [0, 0.05) is 6.54 Å². The Bertz CT molecular complexity index is 421. The highest BCUT2D eigenvalue weighted by Crippen LogP contribution is 2.13. The first-order valence-electron chi connectivity index (χ1n) is 6.82. The van der Waals surface area contributed by atoms with E-state index in [0.29, 0.717) is 12.5 Å². The highest BCUT2D eigenvalue weighted by molar-refractivity contribution is 5.94. The topological polar surface area (TPSA) is 29.1 Å². The van der Waals surface area contributed by atoms with Crippen LogP contribution in [0.4, 0.5) is 8.78 Å². The molecule has 1 aromatic carbocycles. The number of amides is 1. The molecule has 0 aliphatic heterocycles. The van der Waals surface area contributed by atoms with Gasteiger partial charge in [-0.15, -0.1) is 0 Å². The normalized spacial score (nSPS) is 12.2. The van der Waals surface area contributed by atoms with Crippen molar-refractivity contribution in [3.05, 3.63) is 35.4 Å². The fourth-order valence-corrected chi connectivity index (χ4v) is 1.95. The van der Waals surface area contributed by atoms with Crippen molar-refractivity contribution in [2.75, 3.05) is 6.54 Å². The molecule has 1 N–H and O–H groups in total. The lowest BCUT2D eigenvalue weighted by molar-refractivity contribution is 0.0940. The van der Waals surface area contributed by atoms with Crippen molar-refractivity contribution in [2.45, 2.75) is 39.5 Å². The molecule has 2 nitrogen and oxygen atoms in total. The predicted octanol–water partition coefficient (Wildman–Crippen LogP) is 3.91. The largest absolute Gasteiger partial charge is 0.352 e. The number of hydrogen-bond donors (Lipinski definition) is 1. The molecule has 1 atom stereocenters. The van der Waals surface area contributed by atoms with E-state index in [9.17, 15) is 13.6 Å². The first kappa shape index (κ1) is 15.6. The van der Waals surface area contributed by atoms with Crippen molar-refractivity contribution >= 4 is 5.91 Å². The molecule has 0 fully saturated rings. The van der Waals surface area contributed by atoms with Crippen LogP contribution in [0.2, 0.25) is 0 Å². The van der Waals surface area contributed by atoms with Crippen LogP contribution in [0.15, 0.2) is 18.2 Å². The number of halogens is 2. The van der Waals surface area contributed by atoms with Gasteiger partial charge in [0.05, 0.1) is 5.56 Å². The van der Waals surface area contributed by atoms with Gasteiger partial charge in [-0.2, -0.15) is 0 Å². The van der Waals surface area contributed by atoms with E-state index in [0.717, 1.165) is 31.7 Å². The minimum atomic E-state index is -1.08. The number of hydrogen-bond acceptors (Lipinski definition) is 1. The Kier molecular flexibility index (Phi) is 6.46. The van der Waals surface area contributed by atoms with E-state index in [4.69, 9.17) is 0 Å². The molecule has 1 aromatic rings. The molecule has 4 heteroatoms. The zero-order valence-electron chi connectivity index (χ0n) is 11.5. The third kappa shape index (κ3) is 4.62. The summed E-state index contributed by atoms with van der Waals surface area (Å²) < 4.78 is 26.4. The second-order valence-corrected chi connectivity index (χ2v) is 4.73. The zero-order valence-corrected chi connectivity index (χ0v) is 11.5. The summed E-state index contributed by atoms with van der Waals surface area (Å²) in [6.07, 6.45) is 4.23. The third-order valence-electron chi connectivity index (χ3n) is 3.29. The maximum absolute atomic E-state index is 13.4.